The van der Waals surface area contributed by atoms with Gasteiger partial charge in [0, 0.05) is 36.9 Å². The molecule has 1 saturated carbocycles. The summed E-state index contributed by atoms with van der Waals surface area (Å²) in [6.45, 7) is 12.7. The number of anilines is 3. The minimum atomic E-state index is -0.258. The monoisotopic (exact) mass is 580 g/mol. The second-order valence-electron chi connectivity index (χ2n) is 13.2. The van der Waals surface area contributed by atoms with Crippen LogP contribution in [0.3, 0.4) is 0 Å². The zero-order valence-electron chi connectivity index (χ0n) is 25.1. The highest BCUT2D eigenvalue weighted by atomic mass is 16.5. The summed E-state index contributed by atoms with van der Waals surface area (Å²) in [5.41, 5.74) is 3.95. The van der Waals surface area contributed by atoms with Crippen LogP contribution < -0.4 is 20.5 Å². The lowest BCUT2D eigenvalue weighted by Gasteiger charge is -2.33. The third-order valence-electron chi connectivity index (χ3n) is 8.36. The standard InChI is InChI=1S/C32H36N8O3/c1-6-13-39-29(42)22-15-33-30(34-21-7-8-23-20(14-21)16-37(5)19-32(23)11-12-32)36-27(22)40(39)25-10-9-24-28(35-25)38(18-31(2,3)4)26(41)17-43-24/h6-10,14-15H,1,11-13,16-19H2,2-5H3,(H,33,34,36). The van der Waals surface area contributed by atoms with Gasteiger partial charge in [-0.1, -0.05) is 32.9 Å². The molecule has 7 rings (SSSR count). The molecule has 0 saturated heterocycles. The van der Waals surface area contributed by atoms with Crippen LogP contribution >= 0.6 is 0 Å². The number of hydrogen-bond acceptors (Lipinski definition) is 8. The van der Waals surface area contributed by atoms with E-state index in [2.05, 4.69) is 67.8 Å². The highest BCUT2D eigenvalue weighted by molar-refractivity contribution is 5.97. The third kappa shape index (κ3) is 4.77. The van der Waals surface area contributed by atoms with E-state index in [-0.39, 0.29) is 30.0 Å². The van der Waals surface area contributed by atoms with Crippen molar-refractivity contribution in [3.05, 3.63) is 70.7 Å². The number of ether oxygens (including phenoxy) is 1. The summed E-state index contributed by atoms with van der Waals surface area (Å²) < 4.78 is 8.89. The van der Waals surface area contributed by atoms with Gasteiger partial charge >= 0.3 is 0 Å². The van der Waals surface area contributed by atoms with Gasteiger partial charge in [0.15, 0.2) is 29.6 Å². The van der Waals surface area contributed by atoms with Crippen LogP contribution in [0, 0.1) is 5.41 Å². The van der Waals surface area contributed by atoms with Gasteiger partial charge in [-0.05, 0) is 60.7 Å². The molecule has 1 N–H and O–H groups in total. The van der Waals surface area contributed by atoms with Gasteiger partial charge in [-0.3, -0.25) is 14.5 Å². The topological polar surface area (TPSA) is 110 Å². The molecule has 1 aromatic carbocycles. The first-order chi connectivity index (χ1) is 20.5. The smallest absolute Gasteiger partial charge is 0.278 e. The van der Waals surface area contributed by atoms with Gasteiger partial charge in [-0.2, -0.15) is 4.98 Å². The zero-order valence-corrected chi connectivity index (χ0v) is 25.1. The highest BCUT2D eigenvalue weighted by Gasteiger charge is 2.48. The number of aromatic nitrogens is 5. The molecular formula is C32H36N8O3. The van der Waals surface area contributed by atoms with E-state index < -0.39 is 0 Å². The van der Waals surface area contributed by atoms with E-state index in [4.69, 9.17) is 14.7 Å². The maximum absolute atomic E-state index is 13.5. The van der Waals surface area contributed by atoms with Gasteiger partial charge in [0.05, 0.1) is 6.54 Å². The Labute approximate surface area is 249 Å². The number of nitrogens with zero attached hydrogens (tertiary/aromatic N) is 7. The summed E-state index contributed by atoms with van der Waals surface area (Å²) in [4.78, 5) is 44.6. The minimum absolute atomic E-state index is 0.0417. The number of pyridine rings is 1. The molecule has 0 bridgehead atoms. The summed E-state index contributed by atoms with van der Waals surface area (Å²) in [6.07, 6.45) is 5.67. The molecule has 11 nitrogen and oxygen atoms in total. The van der Waals surface area contributed by atoms with Crippen molar-refractivity contribution in [2.24, 2.45) is 5.41 Å². The van der Waals surface area contributed by atoms with Crippen molar-refractivity contribution >= 4 is 34.4 Å². The number of allylic oxidation sites excluding steroid dienone is 1. The van der Waals surface area contributed by atoms with Gasteiger partial charge in [0.1, 0.15) is 5.39 Å². The van der Waals surface area contributed by atoms with Crippen molar-refractivity contribution in [1.29, 1.82) is 0 Å². The number of likely N-dealkylation sites (N-methyl/N-ethyl adjacent to an activating group) is 1. The van der Waals surface area contributed by atoms with Gasteiger partial charge in [-0.25, -0.2) is 19.3 Å². The predicted octanol–water partition coefficient (Wildman–Crippen LogP) is 4.16. The lowest BCUT2D eigenvalue weighted by Crippen LogP contribution is -2.44. The summed E-state index contributed by atoms with van der Waals surface area (Å²) in [6, 6.07) is 10.0. The van der Waals surface area contributed by atoms with Crippen molar-refractivity contribution in [1.82, 2.24) is 29.2 Å². The van der Waals surface area contributed by atoms with Crippen LogP contribution in [0.4, 0.5) is 17.5 Å². The largest absolute Gasteiger partial charge is 0.480 e. The molecule has 43 heavy (non-hydrogen) atoms. The Hall–Kier alpha value is -4.51. The maximum Gasteiger partial charge on any atom is 0.278 e. The fourth-order valence-electron chi connectivity index (χ4n) is 6.41. The second kappa shape index (κ2) is 9.77. The van der Waals surface area contributed by atoms with Crippen molar-refractivity contribution in [2.75, 3.05) is 37.0 Å². The molecule has 3 aromatic heterocycles. The van der Waals surface area contributed by atoms with Crippen molar-refractivity contribution < 1.29 is 9.53 Å². The van der Waals surface area contributed by atoms with Crippen LogP contribution in [0.25, 0.3) is 16.9 Å². The fraction of sp³-hybridized carbons (Fsp3) is 0.406. The average Bonchev–Trinajstić information content (AvgIpc) is 3.66. The predicted molar refractivity (Wildman–Crippen MR) is 165 cm³/mol. The molecule has 2 aliphatic heterocycles. The number of rotatable bonds is 6. The average molecular weight is 581 g/mol. The molecule has 0 atom stereocenters. The number of hydrogen-bond donors (Lipinski definition) is 1. The molecular weight excluding hydrogens is 544 g/mol. The van der Waals surface area contributed by atoms with Crippen LogP contribution in [-0.4, -0.2) is 61.9 Å². The summed E-state index contributed by atoms with van der Waals surface area (Å²) >= 11 is 0. The Balaban J connectivity index is 1.30. The molecule has 1 spiro atoms. The molecule has 0 radical (unpaired) electrons. The van der Waals surface area contributed by atoms with E-state index in [1.165, 1.54) is 28.7 Å². The quantitative estimate of drug-likeness (QED) is 0.339. The molecule has 3 aliphatic rings. The SMILES string of the molecule is C=CCn1c(=O)c2cnc(Nc3ccc4c(c3)CN(C)CC43CC3)nc2n1-c1ccc2c(n1)N(CC(C)(C)C)C(=O)CO2. The molecule has 11 heteroatoms. The van der Waals surface area contributed by atoms with E-state index >= 15 is 0 Å². The van der Waals surface area contributed by atoms with Crippen molar-refractivity contribution in [3.63, 3.8) is 0 Å². The van der Waals surface area contributed by atoms with Crippen LogP contribution in [-0.2, 0) is 23.3 Å². The molecule has 1 aliphatic carbocycles. The lowest BCUT2D eigenvalue weighted by molar-refractivity contribution is -0.121. The lowest BCUT2D eigenvalue weighted by atomic mass is 9.87. The van der Waals surface area contributed by atoms with Crippen molar-refractivity contribution in [3.8, 4) is 11.6 Å². The minimum Gasteiger partial charge on any atom is -0.480 e. The van der Waals surface area contributed by atoms with Gasteiger partial charge in [-0.15, -0.1) is 6.58 Å². The first-order valence-corrected chi connectivity index (χ1v) is 14.7. The first kappa shape index (κ1) is 27.3. The van der Waals surface area contributed by atoms with Gasteiger partial charge in [0.2, 0.25) is 5.95 Å². The van der Waals surface area contributed by atoms with E-state index in [9.17, 15) is 9.59 Å². The summed E-state index contributed by atoms with van der Waals surface area (Å²) in [5, 5.41) is 3.71. The van der Waals surface area contributed by atoms with E-state index in [1.54, 1.807) is 34.0 Å². The number of fused-ring (bicyclic) bond motifs is 4. The van der Waals surface area contributed by atoms with E-state index in [0.29, 0.717) is 46.3 Å². The van der Waals surface area contributed by atoms with E-state index in [1.807, 2.05) is 0 Å². The molecule has 1 fully saturated rings. The highest BCUT2D eigenvalue weighted by Crippen LogP contribution is 2.52. The molecule has 1 amide bonds. The van der Waals surface area contributed by atoms with Crippen molar-refractivity contribution in [2.45, 2.75) is 52.1 Å². The number of nitrogens with one attached hydrogen (secondary N) is 1. The van der Waals surface area contributed by atoms with E-state index in [0.717, 1.165) is 18.8 Å². The second-order valence-corrected chi connectivity index (χ2v) is 13.2. The molecule has 5 heterocycles. The fourth-order valence-corrected chi connectivity index (χ4v) is 6.41. The normalized spacial score (nSPS) is 17.5. The molecule has 0 unspecified atom stereocenters. The molecule has 4 aromatic rings. The third-order valence-corrected chi connectivity index (χ3v) is 8.36. The Morgan fingerprint density at radius 2 is 1.95 bits per heavy atom. The van der Waals surface area contributed by atoms with Gasteiger partial charge < -0.3 is 15.0 Å². The number of carbonyl (C=O) groups is 1. The Bertz CT molecular complexity index is 1850. The van der Waals surface area contributed by atoms with Crippen LogP contribution in [0.5, 0.6) is 5.75 Å². The maximum atomic E-state index is 13.5. The zero-order chi connectivity index (χ0) is 30.1. The van der Waals surface area contributed by atoms with Gasteiger partial charge in [0.25, 0.3) is 11.5 Å². The summed E-state index contributed by atoms with van der Waals surface area (Å²) in [5.74, 6) is 1.58. The van der Waals surface area contributed by atoms with Crippen LogP contribution in [0.15, 0.2) is 54.0 Å². The number of carbonyl (C=O) groups excluding carboxylic acids is 1. The molecule has 222 valence electrons. The first-order valence-electron chi connectivity index (χ1n) is 14.7. The Morgan fingerprint density at radius 1 is 1.14 bits per heavy atom. The number of benzene rings is 1. The van der Waals surface area contributed by atoms with Crippen LogP contribution in [0.2, 0.25) is 0 Å². The Morgan fingerprint density at radius 3 is 2.70 bits per heavy atom. The van der Waals surface area contributed by atoms with Crippen LogP contribution in [0.1, 0.15) is 44.7 Å². The Kier molecular flexibility index (Phi) is 6.21. The summed E-state index contributed by atoms with van der Waals surface area (Å²) in [7, 11) is 2.17. The number of amides is 1.